The molecule has 0 aliphatic rings. The summed E-state index contributed by atoms with van der Waals surface area (Å²) in [5.41, 5.74) is 11.0. The number of hydrogen-bond donors (Lipinski definition) is 1. The van der Waals surface area contributed by atoms with Gasteiger partial charge in [-0.1, -0.05) is 43.7 Å². The Bertz CT molecular complexity index is 1190. The molecule has 0 saturated carbocycles. The predicted octanol–water partition coefficient (Wildman–Crippen LogP) is 7.24. The number of unbranched alkanes of at least 4 members (excludes halogenated alkanes) is 1. The summed E-state index contributed by atoms with van der Waals surface area (Å²) >= 11 is 0. The highest BCUT2D eigenvalue weighted by molar-refractivity contribution is 5.90. The fraction of sp³-hybridized carbons (Fsp3) is 0.222. The maximum atomic E-state index is 9.58. The Kier molecular flexibility index (Phi) is 8.20. The van der Waals surface area contributed by atoms with Crippen LogP contribution >= 0.6 is 0 Å². The van der Waals surface area contributed by atoms with Crippen molar-refractivity contribution in [2.75, 3.05) is 19.5 Å². The molecule has 3 rings (SSSR count). The highest BCUT2D eigenvalue weighted by Gasteiger charge is 2.08. The van der Waals surface area contributed by atoms with Crippen LogP contribution in [-0.2, 0) is 0 Å². The van der Waals surface area contributed by atoms with Crippen LogP contribution in [0.25, 0.3) is 11.6 Å². The SMILES string of the molecule is CCCCOc1cc(N)c(N=Nc2ccc(/C=C(\C#N)c3ccccc3)c(OC)c2)cc1C. The Morgan fingerprint density at radius 1 is 1.06 bits per heavy atom. The van der Waals surface area contributed by atoms with Crippen molar-refractivity contribution in [3.8, 4) is 17.6 Å². The van der Waals surface area contributed by atoms with Gasteiger partial charge in [0.05, 0.1) is 36.7 Å². The number of hydrogen-bond acceptors (Lipinski definition) is 6. The van der Waals surface area contributed by atoms with Crippen LogP contribution in [0.5, 0.6) is 11.5 Å². The number of benzene rings is 3. The van der Waals surface area contributed by atoms with Gasteiger partial charge >= 0.3 is 0 Å². The molecule has 0 aliphatic carbocycles. The van der Waals surface area contributed by atoms with Gasteiger partial charge < -0.3 is 15.2 Å². The Hall–Kier alpha value is -4.11. The van der Waals surface area contributed by atoms with Gasteiger partial charge in [0.15, 0.2) is 0 Å². The van der Waals surface area contributed by atoms with E-state index < -0.39 is 0 Å². The van der Waals surface area contributed by atoms with Gasteiger partial charge in [0.2, 0.25) is 0 Å². The summed E-state index contributed by atoms with van der Waals surface area (Å²) in [4.78, 5) is 0. The molecule has 0 spiro atoms. The zero-order valence-electron chi connectivity index (χ0n) is 19.2. The Morgan fingerprint density at radius 3 is 2.55 bits per heavy atom. The lowest BCUT2D eigenvalue weighted by Crippen LogP contribution is -1.99. The van der Waals surface area contributed by atoms with Crippen molar-refractivity contribution in [1.29, 1.82) is 5.26 Å². The second-order valence-electron chi connectivity index (χ2n) is 7.54. The van der Waals surface area contributed by atoms with Gasteiger partial charge in [-0.2, -0.15) is 10.4 Å². The quantitative estimate of drug-likeness (QED) is 0.125. The normalized spacial score (nSPS) is 11.4. The fourth-order valence-corrected chi connectivity index (χ4v) is 3.20. The number of ether oxygens (including phenoxy) is 2. The van der Waals surface area contributed by atoms with E-state index in [2.05, 4.69) is 23.2 Å². The average molecular weight is 441 g/mol. The number of rotatable bonds is 9. The first-order valence-corrected chi connectivity index (χ1v) is 10.9. The number of azo groups is 1. The van der Waals surface area contributed by atoms with Crippen LogP contribution in [0.15, 0.2) is 70.9 Å². The third-order valence-corrected chi connectivity index (χ3v) is 5.08. The molecule has 0 saturated heterocycles. The lowest BCUT2D eigenvalue weighted by Gasteiger charge is -2.11. The third-order valence-electron chi connectivity index (χ3n) is 5.08. The van der Waals surface area contributed by atoms with E-state index in [1.54, 1.807) is 25.3 Å². The number of methoxy groups -OCH3 is 1. The van der Waals surface area contributed by atoms with Gasteiger partial charge in [0.25, 0.3) is 0 Å². The molecule has 0 fully saturated rings. The van der Waals surface area contributed by atoms with Gasteiger partial charge in [-0.15, -0.1) is 5.11 Å². The molecule has 0 atom stereocenters. The Morgan fingerprint density at radius 2 is 1.85 bits per heavy atom. The van der Waals surface area contributed by atoms with E-state index in [0.717, 1.165) is 35.3 Å². The molecule has 168 valence electrons. The van der Waals surface area contributed by atoms with Crippen LogP contribution in [-0.4, -0.2) is 13.7 Å². The summed E-state index contributed by atoms with van der Waals surface area (Å²) in [6.45, 7) is 4.75. The molecule has 6 nitrogen and oxygen atoms in total. The molecule has 6 heteroatoms. The summed E-state index contributed by atoms with van der Waals surface area (Å²) < 4.78 is 11.3. The fourth-order valence-electron chi connectivity index (χ4n) is 3.20. The molecule has 0 aliphatic heterocycles. The standard InChI is InChI=1S/C27H28N4O2/c1-4-5-13-33-26-17-24(29)25(14-19(26)2)31-30-23-12-11-21(27(16-23)32-3)15-22(18-28)20-9-7-6-8-10-20/h6-12,14-17H,4-5,13,29H2,1-3H3/b22-15+,31-30?. The molecule has 2 N–H and O–H groups in total. The maximum Gasteiger partial charge on any atom is 0.128 e. The zero-order valence-corrected chi connectivity index (χ0v) is 19.2. The third kappa shape index (κ3) is 6.20. The predicted molar refractivity (Wildman–Crippen MR) is 133 cm³/mol. The highest BCUT2D eigenvalue weighted by Crippen LogP contribution is 2.33. The molecule has 3 aromatic carbocycles. The van der Waals surface area contributed by atoms with Crippen LogP contribution in [0.3, 0.4) is 0 Å². The molecule has 33 heavy (non-hydrogen) atoms. The monoisotopic (exact) mass is 440 g/mol. The number of allylic oxidation sites excluding steroid dienone is 1. The number of anilines is 1. The summed E-state index contributed by atoms with van der Waals surface area (Å²) in [6, 6.07) is 20.9. The molecule has 0 amide bonds. The summed E-state index contributed by atoms with van der Waals surface area (Å²) in [5, 5.41) is 18.2. The Labute approximate surface area is 195 Å². The number of nitriles is 1. The maximum absolute atomic E-state index is 9.58. The molecule has 0 radical (unpaired) electrons. The topological polar surface area (TPSA) is 93.0 Å². The van der Waals surface area contributed by atoms with Crippen molar-refractivity contribution in [3.63, 3.8) is 0 Å². The molecule has 0 heterocycles. The first-order valence-electron chi connectivity index (χ1n) is 10.9. The number of nitrogens with zero attached hydrogens (tertiary/aromatic N) is 3. The van der Waals surface area contributed by atoms with Crippen molar-refractivity contribution in [2.24, 2.45) is 10.2 Å². The van der Waals surface area contributed by atoms with Gasteiger partial charge in [-0.3, -0.25) is 0 Å². The number of aryl methyl sites for hydroxylation is 1. The van der Waals surface area contributed by atoms with Crippen molar-refractivity contribution >= 4 is 28.7 Å². The summed E-state index contributed by atoms with van der Waals surface area (Å²) in [5.74, 6) is 1.36. The average Bonchev–Trinajstić information content (AvgIpc) is 2.84. The van der Waals surface area contributed by atoms with Crippen LogP contribution in [0.2, 0.25) is 0 Å². The second kappa shape index (κ2) is 11.5. The van der Waals surface area contributed by atoms with E-state index in [-0.39, 0.29) is 0 Å². The molecular formula is C27H28N4O2. The minimum Gasteiger partial charge on any atom is -0.496 e. The number of nitrogen functional groups attached to an aromatic ring is 1. The zero-order chi connectivity index (χ0) is 23.6. The van der Waals surface area contributed by atoms with E-state index in [1.165, 1.54) is 0 Å². The molecular weight excluding hydrogens is 412 g/mol. The first kappa shape index (κ1) is 23.6. The van der Waals surface area contributed by atoms with Crippen LogP contribution in [0.4, 0.5) is 17.1 Å². The molecule has 0 unspecified atom stereocenters. The van der Waals surface area contributed by atoms with Crippen molar-refractivity contribution in [3.05, 3.63) is 77.4 Å². The molecule has 0 aromatic heterocycles. The number of nitrogens with two attached hydrogens (primary N) is 1. The lowest BCUT2D eigenvalue weighted by atomic mass is 10.0. The summed E-state index contributed by atoms with van der Waals surface area (Å²) in [6.07, 6.45) is 3.87. The minimum atomic E-state index is 0.504. The smallest absolute Gasteiger partial charge is 0.128 e. The van der Waals surface area contributed by atoms with E-state index in [4.69, 9.17) is 15.2 Å². The molecule has 0 bridgehead atoms. The van der Waals surface area contributed by atoms with E-state index >= 15 is 0 Å². The minimum absolute atomic E-state index is 0.504. The lowest BCUT2D eigenvalue weighted by molar-refractivity contribution is 0.307. The van der Waals surface area contributed by atoms with Gasteiger partial charge in [-0.05, 0) is 48.7 Å². The van der Waals surface area contributed by atoms with Crippen LogP contribution in [0.1, 0.15) is 36.5 Å². The van der Waals surface area contributed by atoms with Gasteiger partial charge in [0, 0.05) is 17.7 Å². The first-order chi connectivity index (χ1) is 16.0. The van der Waals surface area contributed by atoms with Crippen LogP contribution < -0.4 is 15.2 Å². The van der Waals surface area contributed by atoms with E-state index in [9.17, 15) is 5.26 Å². The molecule has 3 aromatic rings. The van der Waals surface area contributed by atoms with Crippen LogP contribution in [0, 0.1) is 18.3 Å². The van der Waals surface area contributed by atoms with Crippen molar-refractivity contribution in [1.82, 2.24) is 0 Å². The van der Waals surface area contributed by atoms with Crippen molar-refractivity contribution < 1.29 is 9.47 Å². The highest BCUT2D eigenvalue weighted by atomic mass is 16.5. The van der Waals surface area contributed by atoms with E-state index in [0.29, 0.717) is 35.0 Å². The van der Waals surface area contributed by atoms with Gasteiger partial charge in [-0.25, -0.2) is 0 Å². The summed E-state index contributed by atoms with van der Waals surface area (Å²) in [7, 11) is 1.58. The Balaban J connectivity index is 1.83. The van der Waals surface area contributed by atoms with Gasteiger partial charge in [0.1, 0.15) is 17.2 Å². The second-order valence-corrected chi connectivity index (χ2v) is 7.54. The van der Waals surface area contributed by atoms with E-state index in [1.807, 2.05) is 55.5 Å². The van der Waals surface area contributed by atoms with Crippen molar-refractivity contribution in [2.45, 2.75) is 26.7 Å². The largest absolute Gasteiger partial charge is 0.496 e.